The Morgan fingerprint density at radius 1 is 1.06 bits per heavy atom. The van der Waals surface area contributed by atoms with E-state index in [0.29, 0.717) is 11.4 Å². The second kappa shape index (κ2) is 4.74. The molecule has 0 amide bonds. The molecule has 17 heavy (non-hydrogen) atoms. The van der Waals surface area contributed by atoms with Gasteiger partial charge >= 0.3 is 0 Å². The van der Waals surface area contributed by atoms with Gasteiger partial charge in [-0.3, -0.25) is 4.98 Å². The van der Waals surface area contributed by atoms with Crippen LogP contribution in [0.4, 0.5) is 5.69 Å². The molecule has 88 valence electrons. The highest BCUT2D eigenvalue weighted by Crippen LogP contribution is 2.35. The molecule has 0 spiro atoms. The van der Waals surface area contributed by atoms with Gasteiger partial charge in [-0.15, -0.1) is 0 Å². The first kappa shape index (κ1) is 11.3. The Hall–Kier alpha value is -2.23. The summed E-state index contributed by atoms with van der Waals surface area (Å²) >= 11 is 0. The minimum absolute atomic E-state index is 0.670. The summed E-state index contributed by atoms with van der Waals surface area (Å²) in [6.45, 7) is 0. The van der Waals surface area contributed by atoms with Crippen LogP contribution in [0.5, 0.6) is 11.5 Å². The van der Waals surface area contributed by atoms with Crippen LogP contribution >= 0.6 is 0 Å². The zero-order valence-corrected chi connectivity index (χ0v) is 9.81. The standard InChI is InChI=1S/C13H14N2O2/c1-16-9-3-4-10(13(7-9)17-2)11-8-15-6-5-12(11)14/h3-8H,1-2H3,(H2,14,15). The van der Waals surface area contributed by atoms with Crippen molar-refractivity contribution >= 4 is 5.69 Å². The van der Waals surface area contributed by atoms with Crippen molar-refractivity contribution in [2.75, 3.05) is 20.0 Å². The van der Waals surface area contributed by atoms with E-state index in [2.05, 4.69) is 4.98 Å². The molecule has 1 aromatic carbocycles. The zero-order valence-electron chi connectivity index (χ0n) is 9.81. The number of benzene rings is 1. The van der Waals surface area contributed by atoms with Crippen LogP contribution in [0.15, 0.2) is 36.7 Å². The summed E-state index contributed by atoms with van der Waals surface area (Å²) < 4.78 is 10.5. The molecule has 1 aromatic heterocycles. The minimum Gasteiger partial charge on any atom is -0.497 e. The van der Waals surface area contributed by atoms with Crippen LogP contribution in [-0.4, -0.2) is 19.2 Å². The lowest BCUT2D eigenvalue weighted by Crippen LogP contribution is -1.94. The fourth-order valence-electron chi connectivity index (χ4n) is 1.65. The third-order valence-corrected chi connectivity index (χ3v) is 2.55. The maximum absolute atomic E-state index is 5.92. The number of nitrogen functional groups attached to an aromatic ring is 1. The lowest BCUT2D eigenvalue weighted by atomic mass is 10.0. The van der Waals surface area contributed by atoms with E-state index in [9.17, 15) is 0 Å². The van der Waals surface area contributed by atoms with Crippen molar-refractivity contribution in [1.82, 2.24) is 4.98 Å². The van der Waals surface area contributed by atoms with Crippen LogP contribution in [0.2, 0.25) is 0 Å². The van der Waals surface area contributed by atoms with Gasteiger partial charge in [-0.2, -0.15) is 0 Å². The SMILES string of the molecule is COc1ccc(-c2cnccc2N)c(OC)c1. The van der Waals surface area contributed by atoms with Gasteiger partial charge in [-0.1, -0.05) is 0 Å². The van der Waals surface area contributed by atoms with Gasteiger partial charge in [-0.05, 0) is 18.2 Å². The van der Waals surface area contributed by atoms with Gasteiger partial charge in [0.2, 0.25) is 0 Å². The molecule has 0 radical (unpaired) electrons. The molecule has 0 aliphatic carbocycles. The van der Waals surface area contributed by atoms with Crippen LogP contribution < -0.4 is 15.2 Å². The lowest BCUT2D eigenvalue weighted by Gasteiger charge is -2.11. The van der Waals surface area contributed by atoms with Crippen molar-refractivity contribution in [3.63, 3.8) is 0 Å². The number of hydrogen-bond acceptors (Lipinski definition) is 4. The fraction of sp³-hybridized carbons (Fsp3) is 0.154. The maximum Gasteiger partial charge on any atom is 0.130 e. The average Bonchev–Trinajstić information content (AvgIpc) is 2.38. The highest BCUT2D eigenvalue weighted by molar-refractivity contribution is 5.80. The second-order valence-electron chi connectivity index (χ2n) is 3.53. The highest BCUT2D eigenvalue weighted by Gasteiger charge is 2.09. The Bertz CT molecular complexity index is 527. The average molecular weight is 230 g/mol. The molecule has 2 aromatic rings. The van der Waals surface area contributed by atoms with E-state index < -0.39 is 0 Å². The molecule has 2 N–H and O–H groups in total. The first-order valence-electron chi connectivity index (χ1n) is 5.18. The summed E-state index contributed by atoms with van der Waals surface area (Å²) in [4.78, 5) is 4.07. The number of rotatable bonds is 3. The van der Waals surface area contributed by atoms with E-state index in [1.54, 1.807) is 32.7 Å². The van der Waals surface area contributed by atoms with Crippen molar-refractivity contribution < 1.29 is 9.47 Å². The lowest BCUT2D eigenvalue weighted by molar-refractivity contribution is 0.395. The Morgan fingerprint density at radius 3 is 2.53 bits per heavy atom. The third kappa shape index (κ3) is 2.15. The summed E-state index contributed by atoms with van der Waals surface area (Å²) in [7, 11) is 3.23. The van der Waals surface area contributed by atoms with E-state index in [1.807, 2.05) is 18.2 Å². The largest absolute Gasteiger partial charge is 0.497 e. The Morgan fingerprint density at radius 2 is 1.88 bits per heavy atom. The summed E-state index contributed by atoms with van der Waals surface area (Å²) in [6, 6.07) is 7.36. The quantitative estimate of drug-likeness (QED) is 0.879. The molecule has 0 unspecified atom stereocenters. The number of hydrogen-bond donors (Lipinski definition) is 1. The van der Waals surface area contributed by atoms with Crippen LogP contribution in [0.3, 0.4) is 0 Å². The van der Waals surface area contributed by atoms with Crippen LogP contribution in [0, 0.1) is 0 Å². The summed E-state index contributed by atoms with van der Waals surface area (Å²) in [6.07, 6.45) is 3.38. The van der Waals surface area contributed by atoms with Gasteiger partial charge < -0.3 is 15.2 Å². The third-order valence-electron chi connectivity index (χ3n) is 2.55. The highest BCUT2D eigenvalue weighted by atomic mass is 16.5. The Kier molecular flexibility index (Phi) is 3.14. The minimum atomic E-state index is 0.670. The van der Waals surface area contributed by atoms with E-state index in [1.165, 1.54) is 0 Å². The van der Waals surface area contributed by atoms with Crippen LogP contribution in [-0.2, 0) is 0 Å². The van der Waals surface area contributed by atoms with E-state index in [0.717, 1.165) is 16.9 Å². The number of methoxy groups -OCH3 is 2. The molecule has 2 rings (SSSR count). The van der Waals surface area contributed by atoms with Gasteiger partial charge in [0.25, 0.3) is 0 Å². The zero-order chi connectivity index (χ0) is 12.3. The number of aromatic nitrogens is 1. The predicted octanol–water partition coefficient (Wildman–Crippen LogP) is 2.35. The van der Waals surface area contributed by atoms with Gasteiger partial charge in [0.15, 0.2) is 0 Å². The van der Waals surface area contributed by atoms with Gasteiger partial charge in [0.05, 0.1) is 14.2 Å². The van der Waals surface area contributed by atoms with Crippen molar-refractivity contribution in [1.29, 1.82) is 0 Å². The normalized spacial score (nSPS) is 10.0. The molecule has 0 bridgehead atoms. The molecule has 4 nitrogen and oxygen atoms in total. The van der Waals surface area contributed by atoms with E-state index >= 15 is 0 Å². The maximum atomic E-state index is 5.92. The second-order valence-corrected chi connectivity index (χ2v) is 3.53. The van der Waals surface area contributed by atoms with Crippen LogP contribution in [0.1, 0.15) is 0 Å². The molecule has 0 saturated heterocycles. The summed E-state index contributed by atoms with van der Waals surface area (Å²) in [5, 5.41) is 0. The number of nitrogens with zero attached hydrogens (tertiary/aromatic N) is 1. The Labute approximate surface area is 100 Å². The molecule has 0 atom stereocenters. The summed E-state index contributed by atoms with van der Waals surface area (Å²) in [5.41, 5.74) is 8.35. The van der Waals surface area contributed by atoms with Crippen molar-refractivity contribution in [2.45, 2.75) is 0 Å². The molecule has 0 fully saturated rings. The molecular weight excluding hydrogens is 216 g/mol. The van der Waals surface area contributed by atoms with E-state index in [-0.39, 0.29) is 0 Å². The smallest absolute Gasteiger partial charge is 0.130 e. The first-order valence-corrected chi connectivity index (χ1v) is 5.18. The molecule has 4 heteroatoms. The van der Waals surface area contributed by atoms with Gasteiger partial charge in [-0.25, -0.2) is 0 Å². The topological polar surface area (TPSA) is 57.4 Å². The van der Waals surface area contributed by atoms with Crippen molar-refractivity contribution in [3.8, 4) is 22.6 Å². The summed E-state index contributed by atoms with van der Waals surface area (Å²) in [5.74, 6) is 1.46. The number of ether oxygens (including phenoxy) is 2. The van der Waals surface area contributed by atoms with Gasteiger partial charge in [0, 0.05) is 35.3 Å². The fourth-order valence-corrected chi connectivity index (χ4v) is 1.65. The molecule has 0 aliphatic rings. The predicted molar refractivity (Wildman–Crippen MR) is 67.2 cm³/mol. The molecule has 1 heterocycles. The van der Waals surface area contributed by atoms with Gasteiger partial charge in [0.1, 0.15) is 11.5 Å². The Balaban J connectivity index is 2.56. The number of anilines is 1. The van der Waals surface area contributed by atoms with Crippen LogP contribution in [0.25, 0.3) is 11.1 Å². The van der Waals surface area contributed by atoms with E-state index in [4.69, 9.17) is 15.2 Å². The first-order chi connectivity index (χ1) is 8.26. The van der Waals surface area contributed by atoms with Crippen molar-refractivity contribution in [2.24, 2.45) is 0 Å². The molecular formula is C13H14N2O2. The number of pyridine rings is 1. The van der Waals surface area contributed by atoms with Crippen molar-refractivity contribution in [3.05, 3.63) is 36.7 Å². The monoisotopic (exact) mass is 230 g/mol. The molecule has 0 aliphatic heterocycles. The molecule has 0 saturated carbocycles. The number of nitrogens with two attached hydrogens (primary N) is 1.